The number of halogens is 1. The molecule has 0 fully saturated rings. The molecule has 3 rings (SSSR count). The number of thioether (sulfide) groups is 1. The molecule has 2 heterocycles. The molecule has 0 saturated heterocycles. The average molecular weight is 380 g/mol. The third-order valence-corrected chi connectivity index (χ3v) is 5.12. The molecule has 1 amide bonds. The van der Waals surface area contributed by atoms with E-state index in [4.69, 9.17) is 11.6 Å². The lowest BCUT2D eigenvalue weighted by molar-refractivity contribution is -0.127. The van der Waals surface area contributed by atoms with E-state index in [0.29, 0.717) is 16.7 Å². The normalized spacial score (nSPS) is 10.8. The largest absolute Gasteiger partial charge is 0.341 e. The molecule has 0 aliphatic rings. The summed E-state index contributed by atoms with van der Waals surface area (Å²) in [5.74, 6) is 0.286. The van der Waals surface area contributed by atoms with Crippen LogP contribution >= 0.6 is 34.7 Å². The topological polar surface area (TPSA) is 63.9 Å². The van der Waals surface area contributed by atoms with Crippen LogP contribution in [0.1, 0.15) is 5.56 Å². The highest BCUT2D eigenvalue weighted by molar-refractivity contribution is 7.99. The zero-order valence-corrected chi connectivity index (χ0v) is 15.2. The lowest BCUT2D eigenvalue weighted by atomic mass is 10.3. The summed E-state index contributed by atoms with van der Waals surface area (Å²) >= 11 is 8.92. The number of carbonyl (C=O) groups is 1. The van der Waals surface area contributed by atoms with E-state index in [1.807, 2.05) is 29.0 Å². The van der Waals surface area contributed by atoms with Crippen molar-refractivity contribution >= 4 is 40.6 Å². The molecule has 9 heteroatoms. The van der Waals surface area contributed by atoms with Crippen LogP contribution in [-0.4, -0.2) is 43.8 Å². The maximum atomic E-state index is 12.3. The summed E-state index contributed by atoms with van der Waals surface area (Å²) in [5.41, 5.74) is 1.89. The molecule has 0 bridgehead atoms. The first-order valence-corrected chi connectivity index (χ1v) is 9.36. The summed E-state index contributed by atoms with van der Waals surface area (Å²) in [6.45, 7) is 0.599. The number of carbonyl (C=O) groups excluding carboxylic acids is 1. The first kappa shape index (κ1) is 16.9. The number of aromatic nitrogens is 4. The van der Waals surface area contributed by atoms with E-state index in [9.17, 15) is 4.79 Å². The van der Waals surface area contributed by atoms with Crippen LogP contribution in [0.2, 0.25) is 5.02 Å². The van der Waals surface area contributed by atoms with Crippen molar-refractivity contribution in [3.05, 3.63) is 51.7 Å². The van der Waals surface area contributed by atoms with E-state index in [2.05, 4.69) is 15.5 Å². The summed E-state index contributed by atoms with van der Waals surface area (Å²) in [5, 5.41) is 16.8. The quantitative estimate of drug-likeness (QED) is 0.616. The molecule has 2 aromatic heterocycles. The molecule has 0 atom stereocenters. The van der Waals surface area contributed by atoms with Crippen molar-refractivity contribution in [3.8, 4) is 5.69 Å². The van der Waals surface area contributed by atoms with E-state index in [1.165, 1.54) is 11.8 Å². The Bertz CT molecular complexity index is 821. The number of benzene rings is 1. The number of hydrogen-bond acceptors (Lipinski definition) is 6. The van der Waals surface area contributed by atoms with Crippen LogP contribution < -0.4 is 0 Å². The van der Waals surface area contributed by atoms with Gasteiger partial charge in [-0.15, -0.1) is 5.10 Å². The van der Waals surface area contributed by atoms with Crippen LogP contribution in [0.15, 0.2) is 46.2 Å². The third-order valence-electron chi connectivity index (χ3n) is 3.24. The van der Waals surface area contributed by atoms with Gasteiger partial charge >= 0.3 is 0 Å². The van der Waals surface area contributed by atoms with E-state index in [-0.39, 0.29) is 11.7 Å². The van der Waals surface area contributed by atoms with E-state index >= 15 is 0 Å². The van der Waals surface area contributed by atoms with Gasteiger partial charge in [0.2, 0.25) is 11.1 Å². The second-order valence-electron chi connectivity index (χ2n) is 5.02. The molecule has 0 radical (unpaired) electrons. The lowest BCUT2D eigenvalue weighted by Gasteiger charge is -2.15. The monoisotopic (exact) mass is 379 g/mol. The Hall–Kier alpha value is -1.90. The molecule has 0 saturated carbocycles. The minimum absolute atomic E-state index is 0.0202. The molecule has 24 heavy (non-hydrogen) atoms. The second kappa shape index (κ2) is 7.78. The first-order chi connectivity index (χ1) is 11.6. The Balaban J connectivity index is 1.63. The van der Waals surface area contributed by atoms with Gasteiger partial charge in [0, 0.05) is 18.6 Å². The zero-order valence-electron chi connectivity index (χ0n) is 12.8. The molecule has 6 nitrogen and oxygen atoms in total. The average Bonchev–Trinajstić information content (AvgIpc) is 3.23. The second-order valence-corrected chi connectivity index (χ2v) is 7.18. The van der Waals surface area contributed by atoms with Gasteiger partial charge < -0.3 is 4.90 Å². The van der Waals surface area contributed by atoms with Gasteiger partial charge in [0.05, 0.1) is 11.4 Å². The number of thiophene rings is 1. The van der Waals surface area contributed by atoms with Gasteiger partial charge in [-0.25, -0.2) is 0 Å². The molecule has 0 spiro atoms. The fourth-order valence-electron chi connectivity index (χ4n) is 2.02. The Morgan fingerprint density at radius 2 is 2.29 bits per heavy atom. The predicted molar refractivity (Wildman–Crippen MR) is 95.7 cm³/mol. The summed E-state index contributed by atoms with van der Waals surface area (Å²) in [6, 6.07) is 9.25. The van der Waals surface area contributed by atoms with Crippen LogP contribution in [0.25, 0.3) is 5.69 Å². The number of amides is 1. The van der Waals surface area contributed by atoms with Gasteiger partial charge in [-0.1, -0.05) is 29.4 Å². The molecular weight excluding hydrogens is 366 g/mol. The molecule has 0 aliphatic carbocycles. The summed E-state index contributed by atoms with van der Waals surface area (Å²) < 4.78 is 1.57. The highest BCUT2D eigenvalue weighted by Gasteiger charge is 2.14. The van der Waals surface area contributed by atoms with Crippen molar-refractivity contribution in [1.82, 2.24) is 25.1 Å². The zero-order chi connectivity index (χ0) is 16.9. The highest BCUT2D eigenvalue weighted by atomic mass is 35.5. The van der Waals surface area contributed by atoms with Gasteiger partial charge in [-0.05, 0) is 51.0 Å². The SMILES string of the molecule is CN(Cc1ccsc1)C(=O)CSc1nnnn1-c1cccc(Cl)c1. The Morgan fingerprint density at radius 1 is 1.42 bits per heavy atom. The maximum absolute atomic E-state index is 12.3. The van der Waals surface area contributed by atoms with Crippen molar-refractivity contribution in [2.24, 2.45) is 0 Å². The first-order valence-electron chi connectivity index (χ1n) is 7.05. The van der Waals surface area contributed by atoms with Crippen molar-refractivity contribution in [3.63, 3.8) is 0 Å². The van der Waals surface area contributed by atoms with Crippen molar-refractivity contribution in [2.45, 2.75) is 11.7 Å². The lowest BCUT2D eigenvalue weighted by Crippen LogP contribution is -2.27. The fraction of sp³-hybridized carbons (Fsp3) is 0.200. The maximum Gasteiger partial charge on any atom is 0.233 e. The summed E-state index contributed by atoms with van der Waals surface area (Å²) in [4.78, 5) is 14.0. The van der Waals surface area contributed by atoms with Crippen LogP contribution in [0.4, 0.5) is 0 Å². The molecule has 3 aromatic rings. The number of rotatable bonds is 6. The summed E-state index contributed by atoms with van der Waals surface area (Å²) in [6.07, 6.45) is 0. The van der Waals surface area contributed by atoms with Crippen LogP contribution in [0, 0.1) is 0 Å². The van der Waals surface area contributed by atoms with Crippen LogP contribution in [0.3, 0.4) is 0 Å². The number of nitrogens with zero attached hydrogens (tertiary/aromatic N) is 5. The smallest absolute Gasteiger partial charge is 0.233 e. The molecular formula is C15H14ClN5OS2. The molecule has 1 aromatic carbocycles. The van der Waals surface area contributed by atoms with Gasteiger partial charge in [0.15, 0.2) is 0 Å². The summed E-state index contributed by atoms with van der Waals surface area (Å²) in [7, 11) is 1.79. The molecule has 124 valence electrons. The van der Waals surface area contributed by atoms with Crippen molar-refractivity contribution in [1.29, 1.82) is 0 Å². The van der Waals surface area contributed by atoms with Gasteiger partial charge in [-0.2, -0.15) is 16.0 Å². The van der Waals surface area contributed by atoms with Crippen LogP contribution in [-0.2, 0) is 11.3 Å². The molecule has 0 N–H and O–H groups in total. The van der Waals surface area contributed by atoms with Crippen molar-refractivity contribution in [2.75, 3.05) is 12.8 Å². The third kappa shape index (κ3) is 4.14. The van der Waals surface area contributed by atoms with E-state index in [1.54, 1.807) is 40.1 Å². The van der Waals surface area contributed by atoms with E-state index in [0.717, 1.165) is 11.3 Å². The minimum Gasteiger partial charge on any atom is -0.341 e. The number of tetrazole rings is 1. The fourth-order valence-corrected chi connectivity index (χ4v) is 3.70. The standard InChI is InChI=1S/C15H14ClN5OS2/c1-20(8-11-5-6-23-9-11)14(22)10-24-15-17-18-19-21(15)13-4-2-3-12(16)7-13/h2-7,9H,8,10H2,1H3. The Labute approximate surface area is 152 Å². The Morgan fingerprint density at radius 3 is 3.04 bits per heavy atom. The van der Waals surface area contributed by atoms with Gasteiger partial charge in [-0.3, -0.25) is 4.79 Å². The molecule has 0 aliphatic heterocycles. The van der Waals surface area contributed by atoms with Gasteiger partial charge in [0.1, 0.15) is 0 Å². The van der Waals surface area contributed by atoms with Crippen molar-refractivity contribution < 1.29 is 4.79 Å². The van der Waals surface area contributed by atoms with Crippen LogP contribution in [0.5, 0.6) is 0 Å². The Kier molecular flexibility index (Phi) is 5.49. The predicted octanol–water partition coefficient (Wildman–Crippen LogP) is 3.13. The minimum atomic E-state index is 0.0202. The van der Waals surface area contributed by atoms with E-state index < -0.39 is 0 Å². The van der Waals surface area contributed by atoms with Gasteiger partial charge in [0.25, 0.3) is 0 Å². The molecule has 0 unspecified atom stereocenters. The number of hydrogen-bond donors (Lipinski definition) is 0. The highest BCUT2D eigenvalue weighted by Crippen LogP contribution is 2.21.